The Bertz CT molecular complexity index is 733. The van der Waals surface area contributed by atoms with Crippen molar-refractivity contribution in [1.29, 1.82) is 0 Å². The molecule has 3 N–H and O–H groups in total. The van der Waals surface area contributed by atoms with Crippen molar-refractivity contribution in [3.8, 4) is 5.75 Å². The highest BCUT2D eigenvalue weighted by molar-refractivity contribution is 8.18. The normalized spacial score (nSPS) is 18.7. The van der Waals surface area contributed by atoms with Gasteiger partial charge >= 0.3 is 0 Å². The zero-order valence-corrected chi connectivity index (χ0v) is 17.1. The van der Waals surface area contributed by atoms with Crippen molar-refractivity contribution < 1.29 is 15.0 Å². The monoisotopic (exact) mass is 376 g/mol. The Morgan fingerprint density at radius 3 is 2.12 bits per heavy atom. The molecule has 142 valence electrons. The maximum atomic E-state index is 12.2. The lowest BCUT2D eigenvalue weighted by atomic mass is 9.78. The predicted molar refractivity (Wildman–Crippen MR) is 109 cm³/mol. The Morgan fingerprint density at radius 2 is 1.65 bits per heavy atom. The van der Waals surface area contributed by atoms with Crippen molar-refractivity contribution in [3.05, 3.63) is 33.7 Å². The first-order chi connectivity index (χ1) is 11.9. The summed E-state index contributed by atoms with van der Waals surface area (Å²) in [6.07, 6.45) is 1.82. The fourth-order valence-electron chi connectivity index (χ4n) is 2.69. The highest BCUT2D eigenvalue weighted by Gasteiger charge is 2.28. The Kier molecular flexibility index (Phi) is 5.88. The SMILES string of the molecule is CC(C)(C)c1cc(/C=C2\SC(=NCCO)NC2=O)cc(C(C)(C)C)c1O. The van der Waals surface area contributed by atoms with Crippen LogP contribution in [0, 0.1) is 0 Å². The third-order valence-electron chi connectivity index (χ3n) is 4.05. The molecule has 0 bridgehead atoms. The van der Waals surface area contributed by atoms with Gasteiger partial charge in [-0.15, -0.1) is 0 Å². The van der Waals surface area contributed by atoms with Gasteiger partial charge in [0.05, 0.1) is 18.1 Å². The van der Waals surface area contributed by atoms with E-state index in [1.54, 1.807) is 0 Å². The molecule has 0 aromatic heterocycles. The number of benzene rings is 1. The lowest BCUT2D eigenvalue weighted by Gasteiger charge is -2.28. The molecule has 5 nitrogen and oxygen atoms in total. The van der Waals surface area contributed by atoms with Crippen molar-refractivity contribution in [2.24, 2.45) is 4.99 Å². The summed E-state index contributed by atoms with van der Waals surface area (Å²) in [5.74, 6) is 0.121. The number of thioether (sulfide) groups is 1. The molecule has 26 heavy (non-hydrogen) atoms. The van der Waals surface area contributed by atoms with E-state index >= 15 is 0 Å². The van der Waals surface area contributed by atoms with E-state index in [4.69, 9.17) is 5.11 Å². The number of amides is 1. The van der Waals surface area contributed by atoms with Crippen molar-refractivity contribution in [3.63, 3.8) is 0 Å². The van der Waals surface area contributed by atoms with Gasteiger partial charge in [0, 0.05) is 11.1 Å². The molecular formula is C20H28N2O3S. The van der Waals surface area contributed by atoms with Crippen LogP contribution in [0.3, 0.4) is 0 Å². The van der Waals surface area contributed by atoms with Crippen LogP contribution in [-0.4, -0.2) is 34.4 Å². The molecule has 0 aliphatic carbocycles. The highest BCUT2D eigenvalue weighted by Crippen LogP contribution is 2.40. The largest absolute Gasteiger partial charge is 0.507 e. The van der Waals surface area contributed by atoms with Crippen LogP contribution in [0.1, 0.15) is 58.2 Å². The number of phenols is 1. The van der Waals surface area contributed by atoms with Crippen LogP contribution in [-0.2, 0) is 15.6 Å². The minimum Gasteiger partial charge on any atom is -0.507 e. The number of phenolic OH excluding ortho intramolecular Hbond substituents is 1. The van der Waals surface area contributed by atoms with Gasteiger partial charge in [-0.05, 0) is 46.4 Å². The summed E-state index contributed by atoms with van der Waals surface area (Å²) < 4.78 is 0. The van der Waals surface area contributed by atoms with Crippen LogP contribution in [0.25, 0.3) is 6.08 Å². The molecule has 1 aliphatic rings. The fraction of sp³-hybridized carbons (Fsp3) is 0.500. The van der Waals surface area contributed by atoms with Crippen molar-refractivity contribution >= 4 is 28.9 Å². The van der Waals surface area contributed by atoms with Crippen molar-refractivity contribution in [2.45, 2.75) is 52.4 Å². The number of aliphatic imine (C=N–C) groups is 1. The summed E-state index contributed by atoms with van der Waals surface area (Å²) in [6.45, 7) is 12.6. The van der Waals surface area contributed by atoms with E-state index < -0.39 is 0 Å². The first-order valence-corrected chi connectivity index (χ1v) is 9.49. The van der Waals surface area contributed by atoms with Crippen LogP contribution in [0.4, 0.5) is 0 Å². The molecule has 1 aromatic carbocycles. The van der Waals surface area contributed by atoms with Gasteiger partial charge in [0.15, 0.2) is 5.17 Å². The Morgan fingerprint density at radius 1 is 1.12 bits per heavy atom. The number of carbonyl (C=O) groups excluding carboxylic acids is 1. The molecule has 1 heterocycles. The number of aromatic hydroxyl groups is 1. The standard InChI is InChI=1S/C20H28N2O3S/c1-19(2,3)13-9-12(10-14(16(13)24)20(4,5)6)11-15-17(25)22-18(26-15)21-7-8-23/h9-11,23-24H,7-8H2,1-6H3,(H,21,22,25)/b15-11-. The number of amidine groups is 1. The van der Waals surface area contributed by atoms with Crippen LogP contribution in [0.15, 0.2) is 22.0 Å². The summed E-state index contributed by atoms with van der Waals surface area (Å²) in [6, 6.07) is 3.88. The molecule has 0 unspecified atom stereocenters. The molecule has 1 aliphatic heterocycles. The van der Waals surface area contributed by atoms with E-state index in [0.29, 0.717) is 15.8 Å². The van der Waals surface area contributed by atoms with Gasteiger partial charge in [0.2, 0.25) is 0 Å². The number of carbonyl (C=O) groups is 1. The molecule has 6 heteroatoms. The molecule has 2 rings (SSSR count). The van der Waals surface area contributed by atoms with E-state index in [0.717, 1.165) is 16.7 Å². The minimum atomic E-state index is -0.225. The molecule has 1 amide bonds. The lowest BCUT2D eigenvalue weighted by molar-refractivity contribution is -0.115. The van der Waals surface area contributed by atoms with Crippen LogP contribution in [0.2, 0.25) is 0 Å². The second-order valence-electron chi connectivity index (χ2n) is 8.44. The first kappa shape index (κ1) is 20.5. The first-order valence-electron chi connectivity index (χ1n) is 8.67. The second kappa shape index (κ2) is 7.45. The third-order valence-corrected chi connectivity index (χ3v) is 5.00. The van der Waals surface area contributed by atoms with E-state index in [9.17, 15) is 9.90 Å². The third kappa shape index (κ3) is 4.68. The zero-order chi connectivity index (χ0) is 19.7. The maximum absolute atomic E-state index is 12.2. The van der Waals surface area contributed by atoms with Gasteiger partial charge in [-0.3, -0.25) is 9.79 Å². The van der Waals surface area contributed by atoms with Crippen molar-refractivity contribution in [1.82, 2.24) is 5.32 Å². The topological polar surface area (TPSA) is 81.9 Å². The summed E-state index contributed by atoms with van der Waals surface area (Å²) in [4.78, 5) is 16.9. The smallest absolute Gasteiger partial charge is 0.264 e. The Labute approximate surface area is 159 Å². The van der Waals surface area contributed by atoms with Crippen molar-refractivity contribution in [2.75, 3.05) is 13.2 Å². The second-order valence-corrected chi connectivity index (χ2v) is 9.47. The Hall–Kier alpha value is -1.79. The molecule has 1 aromatic rings. The number of aliphatic hydroxyl groups is 1. The summed E-state index contributed by atoms with van der Waals surface area (Å²) >= 11 is 1.26. The molecule has 1 fully saturated rings. The molecule has 0 spiro atoms. The average Bonchev–Trinajstić information content (AvgIpc) is 2.84. The van der Waals surface area contributed by atoms with Gasteiger partial charge < -0.3 is 15.5 Å². The van der Waals surface area contributed by atoms with E-state index in [-0.39, 0.29) is 29.9 Å². The number of rotatable bonds is 3. The Balaban J connectivity index is 2.52. The van der Waals surface area contributed by atoms with Gasteiger partial charge in [0.25, 0.3) is 5.91 Å². The molecule has 1 saturated heterocycles. The number of hydrogen-bond acceptors (Lipinski definition) is 5. The van der Waals surface area contributed by atoms with Gasteiger partial charge in [0.1, 0.15) is 5.75 Å². The van der Waals surface area contributed by atoms with Crippen LogP contribution in [0.5, 0.6) is 5.75 Å². The summed E-state index contributed by atoms with van der Waals surface area (Å²) in [5.41, 5.74) is 2.14. The van der Waals surface area contributed by atoms with E-state index in [2.05, 4.69) is 51.9 Å². The average molecular weight is 377 g/mol. The maximum Gasteiger partial charge on any atom is 0.264 e. The minimum absolute atomic E-state index is 0.0547. The van der Waals surface area contributed by atoms with Crippen LogP contribution >= 0.6 is 11.8 Å². The molecule has 0 atom stereocenters. The number of nitrogens with zero attached hydrogens (tertiary/aromatic N) is 1. The van der Waals surface area contributed by atoms with Gasteiger partial charge in [-0.25, -0.2) is 0 Å². The molecular weight excluding hydrogens is 348 g/mol. The lowest BCUT2D eigenvalue weighted by Crippen LogP contribution is -2.20. The van der Waals surface area contributed by atoms with Gasteiger partial charge in [-0.2, -0.15) is 0 Å². The quantitative estimate of drug-likeness (QED) is 0.705. The predicted octanol–water partition coefficient (Wildman–Crippen LogP) is 3.54. The summed E-state index contributed by atoms with van der Waals surface area (Å²) in [7, 11) is 0. The zero-order valence-electron chi connectivity index (χ0n) is 16.3. The molecule has 0 saturated carbocycles. The number of nitrogens with one attached hydrogen (secondary N) is 1. The molecule has 0 radical (unpaired) electrons. The highest BCUT2D eigenvalue weighted by atomic mass is 32.2. The van der Waals surface area contributed by atoms with Gasteiger partial charge in [-0.1, -0.05) is 41.5 Å². The van der Waals surface area contributed by atoms with Crippen LogP contribution < -0.4 is 5.32 Å². The number of aliphatic hydroxyl groups excluding tert-OH is 1. The van der Waals surface area contributed by atoms with E-state index in [1.165, 1.54) is 11.8 Å². The number of hydrogen-bond donors (Lipinski definition) is 3. The summed E-state index contributed by atoms with van der Waals surface area (Å²) in [5, 5.41) is 22.9. The fourth-order valence-corrected chi connectivity index (χ4v) is 3.53. The van der Waals surface area contributed by atoms with E-state index in [1.807, 2.05) is 18.2 Å².